The fourth-order valence-electron chi connectivity index (χ4n) is 2.05. The van der Waals surface area contributed by atoms with Gasteiger partial charge < -0.3 is 9.14 Å². The molecule has 5 heteroatoms. The molecule has 3 nitrogen and oxygen atoms in total. The van der Waals surface area contributed by atoms with Gasteiger partial charge in [-0.1, -0.05) is 6.07 Å². The third-order valence-electron chi connectivity index (χ3n) is 2.97. The van der Waals surface area contributed by atoms with Gasteiger partial charge in [-0.2, -0.15) is 8.78 Å². The Morgan fingerprint density at radius 1 is 1.05 bits per heavy atom. The van der Waals surface area contributed by atoms with Crippen LogP contribution >= 0.6 is 0 Å². The molecule has 0 unspecified atom stereocenters. The van der Waals surface area contributed by atoms with Crippen molar-refractivity contribution in [2.45, 2.75) is 13.5 Å². The summed E-state index contributed by atoms with van der Waals surface area (Å²) in [6.07, 6.45) is 3.89. The second-order valence-corrected chi connectivity index (χ2v) is 4.50. The van der Waals surface area contributed by atoms with Crippen LogP contribution < -0.4 is 4.74 Å². The minimum Gasteiger partial charge on any atom is -0.435 e. The number of ether oxygens (including phenoxy) is 1. The number of pyridine rings is 1. The number of hydrogen-bond donors (Lipinski definition) is 0. The van der Waals surface area contributed by atoms with Crippen LogP contribution in [0.15, 0.2) is 48.8 Å². The van der Waals surface area contributed by atoms with Crippen LogP contribution in [0.1, 0.15) is 5.56 Å². The SMILES string of the molecule is Cc1ccc2nc(-c3ccc(OC(F)F)cc3)cn2c1. The number of hydrogen-bond acceptors (Lipinski definition) is 2. The highest BCUT2D eigenvalue weighted by atomic mass is 19.3. The Morgan fingerprint density at radius 2 is 1.80 bits per heavy atom. The molecule has 102 valence electrons. The smallest absolute Gasteiger partial charge is 0.387 e. The Labute approximate surface area is 114 Å². The summed E-state index contributed by atoms with van der Waals surface area (Å²) in [7, 11) is 0. The third kappa shape index (κ3) is 2.47. The fraction of sp³-hybridized carbons (Fsp3) is 0.133. The van der Waals surface area contributed by atoms with Crippen LogP contribution in [0.2, 0.25) is 0 Å². The van der Waals surface area contributed by atoms with E-state index in [1.54, 1.807) is 12.1 Å². The van der Waals surface area contributed by atoms with E-state index >= 15 is 0 Å². The van der Waals surface area contributed by atoms with Gasteiger partial charge in [0.15, 0.2) is 0 Å². The Kier molecular flexibility index (Phi) is 3.10. The highest BCUT2D eigenvalue weighted by Crippen LogP contribution is 2.23. The molecule has 1 aromatic carbocycles. The van der Waals surface area contributed by atoms with Crippen LogP contribution in [0, 0.1) is 6.92 Å². The number of rotatable bonds is 3. The molecule has 0 aliphatic heterocycles. The lowest BCUT2D eigenvalue weighted by Gasteiger charge is -2.04. The number of nitrogens with zero attached hydrogens (tertiary/aromatic N) is 2. The average molecular weight is 274 g/mol. The minimum atomic E-state index is -2.81. The van der Waals surface area contributed by atoms with Gasteiger partial charge in [-0.15, -0.1) is 0 Å². The third-order valence-corrected chi connectivity index (χ3v) is 2.97. The van der Waals surface area contributed by atoms with Crippen LogP contribution in [-0.4, -0.2) is 16.0 Å². The normalized spacial score (nSPS) is 11.2. The summed E-state index contributed by atoms with van der Waals surface area (Å²) in [5.41, 5.74) is 3.63. The molecule has 0 saturated heterocycles. The van der Waals surface area contributed by atoms with Crippen molar-refractivity contribution in [3.63, 3.8) is 0 Å². The number of aromatic nitrogens is 2. The minimum absolute atomic E-state index is 0.142. The molecule has 0 amide bonds. The van der Waals surface area contributed by atoms with Crippen LogP contribution in [-0.2, 0) is 0 Å². The van der Waals surface area contributed by atoms with Gasteiger partial charge in [-0.25, -0.2) is 4.98 Å². The molecule has 2 aromatic heterocycles. The molecule has 0 radical (unpaired) electrons. The number of aryl methyl sites for hydroxylation is 1. The van der Waals surface area contributed by atoms with E-state index in [-0.39, 0.29) is 5.75 Å². The van der Waals surface area contributed by atoms with E-state index in [0.29, 0.717) is 0 Å². The Hall–Kier alpha value is -2.43. The van der Waals surface area contributed by atoms with E-state index in [1.807, 2.05) is 35.9 Å². The Morgan fingerprint density at radius 3 is 2.50 bits per heavy atom. The van der Waals surface area contributed by atoms with Crippen molar-refractivity contribution in [1.82, 2.24) is 9.38 Å². The maximum atomic E-state index is 12.1. The Bertz CT molecular complexity index is 735. The molecule has 3 rings (SSSR count). The molecule has 0 aliphatic carbocycles. The summed E-state index contributed by atoms with van der Waals surface area (Å²) in [5.74, 6) is 0.142. The van der Waals surface area contributed by atoms with Crippen molar-refractivity contribution in [2.75, 3.05) is 0 Å². The molecule has 0 saturated carbocycles. The number of alkyl halides is 2. The van der Waals surface area contributed by atoms with Gasteiger partial charge >= 0.3 is 6.61 Å². The molecule has 0 atom stereocenters. The number of halogens is 2. The van der Waals surface area contributed by atoms with E-state index in [4.69, 9.17) is 0 Å². The van der Waals surface area contributed by atoms with Gasteiger partial charge in [-0.05, 0) is 42.8 Å². The molecule has 3 aromatic rings. The highest BCUT2D eigenvalue weighted by Gasteiger charge is 2.07. The first kappa shape index (κ1) is 12.6. The van der Waals surface area contributed by atoms with Crippen molar-refractivity contribution in [2.24, 2.45) is 0 Å². The summed E-state index contributed by atoms with van der Waals surface area (Å²) in [6, 6.07) is 10.4. The zero-order valence-electron chi connectivity index (χ0n) is 10.8. The standard InChI is InChI=1S/C15H12F2N2O/c1-10-2-7-14-18-13(9-19(14)8-10)11-3-5-12(6-4-11)20-15(16)17/h2-9,15H,1H3. The molecule has 0 spiro atoms. The van der Waals surface area contributed by atoms with Crippen molar-refractivity contribution in [3.05, 3.63) is 54.4 Å². The van der Waals surface area contributed by atoms with Gasteiger partial charge in [-0.3, -0.25) is 0 Å². The van der Waals surface area contributed by atoms with E-state index in [9.17, 15) is 8.78 Å². The zero-order valence-corrected chi connectivity index (χ0v) is 10.8. The zero-order chi connectivity index (χ0) is 14.1. The lowest BCUT2D eigenvalue weighted by atomic mass is 10.2. The lowest BCUT2D eigenvalue weighted by Crippen LogP contribution is -2.01. The maximum Gasteiger partial charge on any atom is 0.387 e. The molecule has 2 heterocycles. The van der Waals surface area contributed by atoms with E-state index in [0.717, 1.165) is 22.5 Å². The molecule has 0 bridgehead atoms. The highest BCUT2D eigenvalue weighted by molar-refractivity contribution is 5.63. The number of fused-ring (bicyclic) bond motifs is 1. The Balaban J connectivity index is 1.94. The van der Waals surface area contributed by atoms with Crippen molar-refractivity contribution >= 4 is 5.65 Å². The summed E-state index contributed by atoms with van der Waals surface area (Å²) in [5, 5.41) is 0. The van der Waals surface area contributed by atoms with Gasteiger partial charge in [0.25, 0.3) is 0 Å². The largest absolute Gasteiger partial charge is 0.435 e. The average Bonchev–Trinajstić information content (AvgIpc) is 2.81. The van der Waals surface area contributed by atoms with Crippen molar-refractivity contribution < 1.29 is 13.5 Å². The first-order chi connectivity index (χ1) is 9.61. The summed E-state index contributed by atoms with van der Waals surface area (Å²) >= 11 is 0. The molecule has 0 aliphatic rings. The first-order valence-corrected chi connectivity index (χ1v) is 6.12. The van der Waals surface area contributed by atoms with Crippen molar-refractivity contribution in [3.8, 4) is 17.0 Å². The second-order valence-electron chi connectivity index (χ2n) is 4.50. The second kappa shape index (κ2) is 4.92. The van der Waals surface area contributed by atoms with Crippen LogP contribution in [0.5, 0.6) is 5.75 Å². The predicted molar refractivity (Wildman–Crippen MR) is 72.0 cm³/mol. The molecule has 0 N–H and O–H groups in total. The molecular weight excluding hydrogens is 262 g/mol. The summed E-state index contributed by atoms with van der Waals surface area (Å²) < 4.78 is 30.4. The topological polar surface area (TPSA) is 26.5 Å². The monoisotopic (exact) mass is 274 g/mol. The van der Waals surface area contributed by atoms with E-state index in [2.05, 4.69) is 9.72 Å². The molecule has 0 fully saturated rings. The maximum absolute atomic E-state index is 12.1. The number of benzene rings is 1. The quantitative estimate of drug-likeness (QED) is 0.724. The van der Waals surface area contributed by atoms with Crippen LogP contribution in [0.3, 0.4) is 0 Å². The van der Waals surface area contributed by atoms with E-state index < -0.39 is 6.61 Å². The predicted octanol–water partition coefficient (Wildman–Crippen LogP) is 3.91. The van der Waals surface area contributed by atoms with Gasteiger partial charge in [0.1, 0.15) is 11.4 Å². The number of imidazole rings is 1. The molecular formula is C15H12F2N2O. The van der Waals surface area contributed by atoms with Gasteiger partial charge in [0, 0.05) is 18.0 Å². The molecule has 20 heavy (non-hydrogen) atoms. The van der Waals surface area contributed by atoms with E-state index in [1.165, 1.54) is 12.1 Å². The summed E-state index contributed by atoms with van der Waals surface area (Å²) in [4.78, 5) is 4.49. The first-order valence-electron chi connectivity index (χ1n) is 6.12. The van der Waals surface area contributed by atoms with Crippen LogP contribution in [0.4, 0.5) is 8.78 Å². The lowest BCUT2D eigenvalue weighted by molar-refractivity contribution is -0.0498. The fourth-order valence-corrected chi connectivity index (χ4v) is 2.05. The summed E-state index contributed by atoms with van der Waals surface area (Å²) in [6.45, 7) is -0.797. The van der Waals surface area contributed by atoms with Gasteiger partial charge in [0.2, 0.25) is 0 Å². The van der Waals surface area contributed by atoms with Crippen LogP contribution in [0.25, 0.3) is 16.9 Å². The van der Waals surface area contributed by atoms with Crippen molar-refractivity contribution in [1.29, 1.82) is 0 Å². The van der Waals surface area contributed by atoms with Gasteiger partial charge in [0.05, 0.1) is 5.69 Å².